The summed E-state index contributed by atoms with van der Waals surface area (Å²) in [6, 6.07) is 16.3. The number of hydrogen-bond acceptors (Lipinski definition) is 6. The van der Waals surface area contributed by atoms with Gasteiger partial charge in [-0.2, -0.15) is 0 Å². The van der Waals surface area contributed by atoms with Crippen molar-refractivity contribution >= 4 is 28.9 Å². The van der Waals surface area contributed by atoms with Gasteiger partial charge >= 0.3 is 0 Å². The standard InChI is InChI=1S/C35H48N2O5/c1-4-6-9-14-30(38)22-28(21-26-16-18-29(36)19-17-26)34(41)37-31(15-7-5-2)32(39)23-27(33(40)35(3)24-42-35)20-25-12-10-8-11-13-25/h8,10-13,16-19,27-28,31H,4-7,9,14-15,20-24,36H2,1-3H3,(H,37,41)/t27-,28-,31+,35-/m1/s1. The summed E-state index contributed by atoms with van der Waals surface area (Å²) in [5, 5.41) is 3.01. The van der Waals surface area contributed by atoms with Crippen LogP contribution in [0.1, 0.15) is 89.7 Å². The normalized spacial score (nSPS) is 18.1. The van der Waals surface area contributed by atoms with Crippen LogP contribution in [0.5, 0.6) is 0 Å². The van der Waals surface area contributed by atoms with E-state index in [4.69, 9.17) is 10.5 Å². The van der Waals surface area contributed by atoms with E-state index in [0.717, 1.165) is 43.2 Å². The highest BCUT2D eigenvalue weighted by molar-refractivity contribution is 5.97. The molecule has 42 heavy (non-hydrogen) atoms. The van der Waals surface area contributed by atoms with Crippen molar-refractivity contribution in [3.8, 4) is 0 Å². The molecule has 3 N–H and O–H groups in total. The van der Waals surface area contributed by atoms with Gasteiger partial charge in [-0.25, -0.2) is 0 Å². The number of ketones is 3. The number of Topliss-reactive ketones (excluding diaryl/α,β-unsaturated/α-hetero) is 3. The molecule has 0 bridgehead atoms. The highest BCUT2D eigenvalue weighted by Crippen LogP contribution is 2.33. The second-order valence-corrected chi connectivity index (χ2v) is 12.0. The minimum atomic E-state index is -0.843. The van der Waals surface area contributed by atoms with Crippen LogP contribution in [-0.4, -0.2) is 41.5 Å². The summed E-state index contributed by atoms with van der Waals surface area (Å²) >= 11 is 0. The Morgan fingerprint density at radius 2 is 1.48 bits per heavy atom. The van der Waals surface area contributed by atoms with Gasteiger partial charge in [-0.1, -0.05) is 82.0 Å². The molecule has 1 heterocycles. The maximum Gasteiger partial charge on any atom is 0.224 e. The molecule has 0 aromatic heterocycles. The Hall–Kier alpha value is -3.32. The van der Waals surface area contributed by atoms with Crippen LogP contribution in [0.25, 0.3) is 0 Å². The molecular formula is C35H48N2O5. The van der Waals surface area contributed by atoms with Crippen molar-refractivity contribution in [1.29, 1.82) is 0 Å². The van der Waals surface area contributed by atoms with Crippen molar-refractivity contribution in [2.45, 2.75) is 103 Å². The van der Waals surface area contributed by atoms with Gasteiger partial charge in [0.1, 0.15) is 11.4 Å². The molecule has 0 spiro atoms. The molecule has 1 amide bonds. The second-order valence-electron chi connectivity index (χ2n) is 12.0. The number of rotatable bonds is 20. The Kier molecular flexibility index (Phi) is 12.9. The van der Waals surface area contributed by atoms with E-state index in [2.05, 4.69) is 12.2 Å². The molecular weight excluding hydrogens is 528 g/mol. The van der Waals surface area contributed by atoms with E-state index in [9.17, 15) is 19.2 Å². The lowest BCUT2D eigenvalue weighted by atomic mass is 9.83. The lowest BCUT2D eigenvalue weighted by Gasteiger charge is -2.24. The predicted octanol–water partition coefficient (Wildman–Crippen LogP) is 5.82. The smallest absolute Gasteiger partial charge is 0.224 e. The summed E-state index contributed by atoms with van der Waals surface area (Å²) in [5.41, 5.74) is 7.53. The first-order valence-corrected chi connectivity index (χ1v) is 15.6. The number of carbonyl (C=O) groups is 4. The zero-order chi connectivity index (χ0) is 30.5. The van der Waals surface area contributed by atoms with Gasteiger partial charge in [-0.3, -0.25) is 19.2 Å². The average Bonchev–Trinajstić information content (AvgIpc) is 3.74. The van der Waals surface area contributed by atoms with Crippen molar-refractivity contribution in [2.75, 3.05) is 12.3 Å². The van der Waals surface area contributed by atoms with Crippen LogP contribution >= 0.6 is 0 Å². The number of epoxide rings is 1. The van der Waals surface area contributed by atoms with Crippen LogP contribution < -0.4 is 11.1 Å². The van der Waals surface area contributed by atoms with Crippen molar-refractivity contribution in [2.24, 2.45) is 11.8 Å². The van der Waals surface area contributed by atoms with Gasteiger partial charge in [0, 0.05) is 36.8 Å². The van der Waals surface area contributed by atoms with Crippen LogP contribution in [0.15, 0.2) is 54.6 Å². The largest absolute Gasteiger partial charge is 0.399 e. The van der Waals surface area contributed by atoms with Crippen molar-refractivity contribution in [1.82, 2.24) is 5.32 Å². The first-order valence-electron chi connectivity index (χ1n) is 15.6. The van der Waals surface area contributed by atoms with E-state index < -0.39 is 23.5 Å². The molecule has 1 saturated heterocycles. The maximum atomic E-state index is 13.8. The number of nitrogen functional groups attached to an aromatic ring is 1. The van der Waals surface area contributed by atoms with E-state index in [0.29, 0.717) is 38.0 Å². The van der Waals surface area contributed by atoms with Crippen LogP contribution in [0.3, 0.4) is 0 Å². The number of unbranched alkanes of at least 4 members (excludes halogenated alkanes) is 3. The van der Waals surface area contributed by atoms with Crippen LogP contribution in [0.2, 0.25) is 0 Å². The van der Waals surface area contributed by atoms with Gasteiger partial charge in [0.2, 0.25) is 5.91 Å². The topological polar surface area (TPSA) is 119 Å². The van der Waals surface area contributed by atoms with Gasteiger partial charge in [-0.05, 0) is 55.9 Å². The predicted molar refractivity (Wildman–Crippen MR) is 166 cm³/mol. The van der Waals surface area contributed by atoms with Crippen molar-refractivity contribution in [3.63, 3.8) is 0 Å². The minimum Gasteiger partial charge on any atom is -0.399 e. The summed E-state index contributed by atoms with van der Waals surface area (Å²) in [7, 11) is 0. The molecule has 3 rings (SSSR count). The number of amides is 1. The Morgan fingerprint density at radius 3 is 2.10 bits per heavy atom. The molecule has 2 aromatic carbocycles. The monoisotopic (exact) mass is 576 g/mol. The number of carbonyl (C=O) groups excluding carboxylic acids is 4. The molecule has 1 aliphatic rings. The third-order valence-corrected chi connectivity index (χ3v) is 8.16. The summed E-state index contributed by atoms with van der Waals surface area (Å²) in [5.74, 6) is -1.61. The van der Waals surface area contributed by atoms with Gasteiger partial charge in [-0.15, -0.1) is 0 Å². The Labute approximate surface area is 251 Å². The quantitative estimate of drug-likeness (QED) is 0.117. The zero-order valence-electron chi connectivity index (χ0n) is 25.5. The fraction of sp³-hybridized carbons (Fsp3) is 0.543. The fourth-order valence-electron chi connectivity index (χ4n) is 5.38. The van der Waals surface area contributed by atoms with Crippen LogP contribution in [0.4, 0.5) is 5.69 Å². The highest BCUT2D eigenvalue weighted by atomic mass is 16.6. The molecule has 4 atom stereocenters. The zero-order valence-corrected chi connectivity index (χ0v) is 25.5. The minimum absolute atomic E-state index is 0.0277. The number of benzene rings is 2. The molecule has 228 valence electrons. The Bertz CT molecular complexity index is 1170. The summed E-state index contributed by atoms with van der Waals surface area (Å²) in [6.07, 6.45) is 6.32. The van der Waals surface area contributed by atoms with E-state index in [1.54, 1.807) is 19.1 Å². The number of hydrogen-bond donors (Lipinski definition) is 2. The molecule has 1 aliphatic heterocycles. The molecule has 0 unspecified atom stereocenters. The molecule has 0 saturated carbocycles. The summed E-state index contributed by atoms with van der Waals surface area (Å²) in [4.78, 5) is 53.7. The van der Waals surface area contributed by atoms with Crippen LogP contribution in [0, 0.1) is 11.8 Å². The van der Waals surface area contributed by atoms with Gasteiger partial charge in [0.25, 0.3) is 0 Å². The van der Waals surface area contributed by atoms with E-state index >= 15 is 0 Å². The number of nitrogens with two attached hydrogens (primary N) is 1. The Morgan fingerprint density at radius 1 is 0.857 bits per heavy atom. The van der Waals surface area contributed by atoms with Crippen LogP contribution in [-0.2, 0) is 36.8 Å². The summed E-state index contributed by atoms with van der Waals surface area (Å²) < 4.78 is 5.45. The fourth-order valence-corrected chi connectivity index (χ4v) is 5.38. The van der Waals surface area contributed by atoms with Crippen molar-refractivity contribution < 1.29 is 23.9 Å². The van der Waals surface area contributed by atoms with E-state index in [-0.39, 0.29) is 36.1 Å². The SMILES string of the molecule is CCCCCC(=O)C[C@@H](Cc1ccc(N)cc1)C(=O)N[C@@H](CCCC)C(=O)C[C@@H](Cc1ccccc1)C(=O)[C@@]1(C)CO1. The van der Waals surface area contributed by atoms with Gasteiger partial charge in [0.15, 0.2) is 11.6 Å². The van der Waals surface area contributed by atoms with Gasteiger partial charge < -0.3 is 15.8 Å². The maximum absolute atomic E-state index is 13.8. The third kappa shape index (κ3) is 10.5. The van der Waals surface area contributed by atoms with E-state index in [1.165, 1.54) is 0 Å². The molecule has 0 aliphatic carbocycles. The number of anilines is 1. The number of nitrogens with one attached hydrogen (secondary N) is 1. The molecule has 0 radical (unpaired) electrons. The third-order valence-electron chi connectivity index (χ3n) is 8.16. The molecule has 7 heteroatoms. The Balaban J connectivity index is 1.76. The molecule has 7 nitrogen and oxygen atoms in total. The first kappa shape index (κ1) is 33.2. The number of ether oxygens (including phenoxy) is 1. The molecule has 2 aromatic rings. The van der Waals surface area contributed by atoms with E-state index in [1.807, 2.05) is 49.4 Å². The average molecular weight is 577 g/mol. The van der Waals surface area contributed by atoms with Crippen molar-refractivity contribution in [3.05, 3.63) is 65.7 Å². The first-order chi connectivity index (χ1) is 20.1. The highest BCUT2D eigenvalue weighted by Gasteiger charge is 2.50. The second kappa shape index (κ2) is 16.4. The molecule has 1 fully saturated rings. The lowest BCUT2D eigenvalue weighted by molar-refractivity contribution is -0.134. The summed E-state index contributed by atoms with van der Waals surface area (Å²) in [6.45, 7) is 6.26. The van der Waals surface area contributed by atoms with Gasteiger partial charge in [0.05, 0.1) is 12.6 Å². The lowest BCUT2D eigenvalue weighted by Crippen LogP contribution is -2.46.